The van der Waals surface area contributed by atoms with Gasteiger partial charge in [-0.15, -0.1) is 5.10 Å². The van der Waals surface area contributed by atoms with Crippen LogP contribution in [0.5, 0.6) is 0 Å². The van der Waals surface area contributed by atoms with E-state index in [1.165, 1.54) is 5.56 Å². The van der Waals surface area contributed by atoms with Gasteiger partial charge in [-0.2, -0.15) is 0 Å². The van der Waals surface area contributed by atoms with E-state index in [9.17, 15) is 0 Å². The van der Waals surface area contributed by atoms with Crippen LogP contribution in [0.3, 0.4) is 0 Å². The monoisotopic (exact) mass is 324 g/mol. The number of nitrogens with zero attached hydrogens (tertiary/aromatic N) is 2. The highest BCUT2D eigenvalue weighted by Crippen LogP contribution is 2.26. The molecule has 0 aliphatic heterocycles. The third-order valence-electron chi connectivity index (χ3n) is 2.69. The van der Waals surface area contributed by atoms with Gasteiger partial charge < -0.3 is 15.1 Å². The fourth-order valence-electron chi connectivity index (χ4n) is 1.69. The molecule has 0 saturated carbocycles. The van der Waals surface area contributed by atoms with Crippen LogP contribution in [0, 0.1) is 6.92 Å². The number of benzene rings is 1. The first-order chi connectivity index (χ1) is 9.10. The molecule has 102 valence electrons. The number of aromatic nitrogens is 2. The molecule has 0 bridgehead atoms. The number of hydrogen-bond donors (Lipinski definition) is 2. The van der Waals surface area contributed by atoms with Crippen molar-refractivity contribution < 1.29 is 4.42 Å². The van der Waals surface area contributed by atoms with Gasteiger partial charge in [0, 0.05) is 4.47 Å². The van der Waals surface area contributed by atoms with Crippen LogP contribution in [0.25, 0.3) is 0 Å². The zero-order valence-electron chi connectivity index (χ0n) is 11.2. The molecule has 2 N–H and O–H groups in total. The van der Waals surface area contributed by atoms with E-state index in [1.807, 2.05) is 39.0 Å². The molecular formula is C13H17BrN4O. The Labute approximate surface area is 120 Å². The molecular weight excluding hydrogens is 308 g/mol. The average Bonchev–Trinajstić information content (AvgIpc) is 2.82. The second-order valence-corrected chi connectivity index (χ2v) is 5.19. The summed E-state index contributed by atoms with van der Waals surface area (Å²) in [5.74, 6) is 0.576. The summed E-state index contributed by atoms with van der Waals surface area (Å²) in [6.45, 7) is 6.92. The van der Waals surface area contributed by atoms with Gasteiger partial charge >= 0.3 is 6.01 Å². The van der Waals surface area contributed by atoms with E-state index in [1.54, 1.807) is 0 Å². The van der Waals surface area contributed by atoms with Crippen molar-refractivity contribution >= 4 is 27.6 Å². The summed E-state index contributed by atoms with van der Waals surface area (Å²) < 4.78 is 6.54. The summed E-state index contributed by atoms with van der Waals surface area (Å²) in [4.78, 5) is 0. The molecule has 6 heteroatoms. The zero-order valence-corrected chi connectivity index (χ0v) is 12.8. The number of nitrogens with one attached hydrogen (secondary N) is 2. The highest BCUT2D eigenvalue weighted by molar-refractivity contribution is 9.10. The van der Waals surface area contributed by atoms with Gasteiger partial charge in [0.25, 0.3) is 0 Å². The van der Waals surface area contributed by atoms with Crippen molar-refractivity contribution in [1.29, 1.82) is 0 Å². The van der Waals surface area contributed by atoms with Crippen LogP contribution in [0.2, 0.25) is 0 Å². The van der Waals surface area contributed by atoms with Gasteiger partial charge in [-0.1, -0.05) is 18.1 Å². The van der Waals surface area contributed by atoms with Crippen LogP contribution in [0.4, 0.5) is 11.7 Å². The summed E-state index contributed by atoms with van der Waals surface area (Å²) in [5.41, 5.74) is 2.08. The van der Waals surface area contributed by atoms with Gasteiger partial charge in [0.2, 0.25) is 5.89 Å². The minimum Gasteiger partial charge on any atom is -0.406 e. The minimum atomic E-state index is 0.0505. The second kappa shape index (κ2) is 6.16. The third-order valence-corrected chi connectivity index (χ3v) is 3.34. The molecule has 1 aromatic carbocycles. The van der Waals surface area contributed by atoms with Crippen molar-refractivity contribution in [2.24, 2.45) is 0 Å². The Morgan fingerprint density at radius 2 is 2.16 bits per heavy atom. The highest BCUT2D eigenvalue weighted by atomic mass is 79.9. The molecule has 5 nitrogen and oxygen atoms in total. The van der Waals surface area contributed by atoms with Crippen molar-refractivity contribution in [3.05, 3.63) is 34.1 Å². The Balaban J connectivity index is 2.11. The number of aryl methyl sites for hydroxylation is 1. The van der Waals surface area contributed by atoms with E-state index in [0.29, 0.717) is 11.9 Å². The number of halogens is 1. The lowest BCUT2D eigenvalue weighted by Crippen LogP contribution is -2.17. The lowest BCUT2D eigenvalue weighted by atomic mass is 10.2. The fourth-order valence-corrected chi connectivity index (χ4v) is 2.28. The first-order valence-corrected chi connectivity index (χ1v) is 6.99. The van der Waals surface area contributed by atoms with Gasteiger partial charge in [-0.25, -0.2) is 0 Å². The molecule has 0 saturated heterocycles. The topological polar surface area (TPSA) is 63.0 Å². The second-order valence-electron chi connectivity index (χ2n) is 4.33. The van der Waals surface area contributed by atoms with Crippen molar-refractivity contribution in [2.75, 3.05) is 11.9 Å². The first-order valence-electron chi connectivity index (χ1n) is 6.20. The molecule has 0 spiro atoms. The lowest BCUT2D eigenvalue weighted by Gasteiger charge is -2.07. The van der Waals surface area contributed by atoms with Crippen molar-refractivity contribution in [3.8, 4) is 0 Å². The SMILES string of the molecule is CCNC(C)c1nnc(Nc2ccc(C)cc2Br)o1. The summed E-state index contributed by atoms with van der Waals surface area (Å²) in [5, 5.41) is 14.3. The fraction of sp³-hybridized carbons (Fsp3) is 0.385. The molecule has 0 aliphatic rings. The Morgan fingerprint density at radius 3 is 2.84 bits per heavy atom. The molecule has 1 aromatic heterocycles. The van der Waals surface area contributed by atoms with Gasteiger partial charge in [-0.3, -0.25) is 0 Å². The van der Waals surface area contributed by atoms with Crippen LogP contribution in [-0.2, 0) is 0 Å². The first kappa shape index (κ1) is 14.0. The van der Waals surface area contributed by atoms with Gasteiger partial charge in [0.15, 0.2) is 0 Å². The Hall–Kier alpha value is -1.40. The third kappa shape index (κ3) is 3.54. The summed E-state index contributed by atoms with van der Waals surface area (Å²) in [6.07, 6.45) is 0. The predicted molar refractivity (Wildman–Crippen MR) is 78.6 cm³/mol. The number of anilines is 2. The molecule has 0 amide bonds. The number of rotatable bonds is 5. The summed E-state index contributed by atoms with van der Waals surface area (Å²) in [7, 11) is 0. The van der Waals surface area contributed by atoms with Crippen LogP contribution < -0.4 is 10.6 Å². The Kier molecular flexibility index (Phi) is 4.55. The van der Waals surface area contributed by atoms with Crippen molar-refractivity contribution in [3.63, 3.8) is 0 Å². The van der Waals surface area contributed by atoms with Crippen molar-refractivity contribution in [2.45, 2.75) is 26.8 Å². The largest absolute Gasteiger partial charge is 0.406 e. The molecule has 2 aromatic rings. The standard InChI is InChI=1S/C13H17BrN4O/c1-4-15-9(3)12-17-18-13(19-12)16-11-6-5-8(2)7-10(11)14/h5-7,9,15H,4H2,1-3H3,(H,16,18). The molecule has 1 unspecified atom stereocenters. The molecule has 0 radical (unpaired) electrons. The minimum absolute atomic E-state index is 0.0505. The van der Waals surface area contributed by atoms with Crippen LogP contribution >= 0.6 is 15.9 Å². The zero-order chi connectivity index (χ0) is 13.8. The molecule has 1 atom stereocenters. The predicted octanol–water partition coefficient (Wildman–Crippen LogP) is 3.55. The maximum absolute atomic E-state index is 5.57. The quantitative estimate of drug-likeness (QED) is 0.880. The average molecular weight is 325 g/mol. The van der Waals surface area contributed by atoms with Crippen molar-refractivity contribution in [1.82, 2.24) is 15.5 Å². The summed E-state index contributed by atoms with van der Waals surface area (Å²) in [6, 6.07) is 6.46. The van der Waals surface area contributed by atoms with E-state index >= 15 is 0 Å². The molecule has 1 heterocycles. The maximum Gasteiger partial charge on any atom is 0.320 e. The van der Waals surface area contributed by atoms with Gasteiger partial charge in [-0.05, 0) is 54.0 Å². The summed E-state index contributed by atoms with van der Waals surface area (Å²) >= 11 is 3.50. The van der Waals surface area contributed by atoms with Crippen LogP contribution in [0.1, 0.15) is 31.3 Å². The van der Waals surface area contributed by atoms with Crippen LogP contribution in [0.15, 0.2) is 27.1 Å². The van der Waals surface area contributed by atoms with E-state index in [-0.39, 0.29) is 6.04 Å². The molecule has 0 aliphatic carbocycles. The molecule has 2 rings (SSSR count). The molecule has 0 fully saturated rings. The smallest absolute Gasteiger partial charge is 0.320 e. The Bertz CT molecular complexity index is 555. The Morgan fingerprint density at radius 1 is 1.37 bits per heavy atom. The normalized spacial score (nSPS) is 12.4. The lowest BCUT2D eigenvalue weighted by molar-refractivity contribution is 0.430. The van der Waals surface area contributed by atoms with E-state index < -0.39 is 0 Å². The van der Waals surface area contributed by atoms with Gasteiger partial charge in [0.1, 0.15) is 0 Å². The molecule has 19 heavy (non-hydrogen) atoms. The highest BCUT2D eigenvalue weighted by Gasteiger charge is 2.13. The van der Waals surface area contributed by atoms with E-state index in [0.717, 1.165) is 16.7 Å². The maximum atomic E-state index is 5.57. The van der Waals surface area contributed by atoms with Gasteiger partial charge in [0.05, 0.1) is 11.7 Å². The van der Waals surface area contributed by atoms with Crippen LogP contribution in [-0.4, -0.2) is 16.7 Å². The van der Waals surface area contributed by atoms with E-state index in [2.05, 4.69) is 36.8 Å². The van der Waals surface area contributed by atoms with E-state index in [4.69, 9.17) is 4.42 Å². The number of hydrogen-bond acceptors (Lipinski definition) is 5.